The van der Waals surface area contributed by atoms with Gasteiger partial charge >= 0.3 is 0 Å². The van der Waals surface area contributed by atoms with Gasteiger partial charge in [-0.3, -0.25) is 0 Å². The van der Waals surface area contributed by atoms with Crippen LogP contribution >= 0.6 is 11.6 Å². The van der Waals surface area contributed by atoms with Crippen LogP contribution in [0.4, 0.5) is 0 Å². The maximum atomic E-state index is 6.28. The molecule has 1 N–H and O–H groups in total. The van der Waals surface area contributed by atoms with Crippen LogP contribution in [0.25, 0.3) is 11.1 Å². The second-order valence-electron chi connectivity index (χ2n) is 5.11. The Hall–Kier alpha value is -1.31. The lowest BCUT2D eigenvalue weighted by atomic mass is 9.94. The summed E-state index contributed by atoms with van der Waals surface area (Å²) in [5.74, 6) is 0. The molecule has 0 aliphatic carbocycles. The second-order valence-corrected chi connectivity index (χ2v) is 5.52. The van der Waals surface area contributed by atoms with E-state index in [1.54, 1.807) is 0 Å². The fourth-order valence-corrected chi connectivity index (χ4v) is 3.00. The summed E-state index contributed by atoms with van der Waals surface area (Å²) in [5.41, 5.74) is 3.69. The highest BCUT2D eigenvalue weighted by Crippen LogP contribution is 2.31. The van der Waals surface area contributed by atoms with Gasteiger partial charge in [-0.25, -0.2) is 0 Å². The summed E-state index contributed by atoms with van der Waals surface area (Å²) >= 11 is 6.28. The number of rotatable bonds is 2. The molecule has 1 aliphatic heterocycles. The highest BCUT2D eigenvalue weighted by molar-refractivity contribution is 6.33. The molecule has 2 heteroatoms. The van der Waals surface area contributed by atoms with Gasteiger partial charge < -0.3 is 5.32 Å². The SMILES string of the molecule is Clc1ccccc1-c1cccc(C2CCCCN2)c1. The minimum atomic E-state index is 0.496. The highest BCUT2D eigenvalue weighted by atomic mass is 35.5. The van der Waals surface area contributed by atoms with E-state index in [1.165, 1.54) is 30.4 Å². The van der Waals surface area contributed by atoms with Crippen LogP contribution in [0.3, 0.4) is 0 Å². The van der Waals surface area contributed by atoms with Gasteiger partial charge in [0.25, 0.3) is 0 Å². The van der Waals surface area contributed by atoms with Crippen LogP contribution in [-0.4, -0.2) is 6.54 Å². The lowest BCUT2D eigenvalue weighted by Crippen LogP contribution is -2.26. The minimum absolute atomic E-state index is 0.496. The van der Waals surface area contributed by atoms with E-state index < -0.39 is 0 Å². The molecule has 0 aromatic heterocycles. The van der Waals surface area contributed by atoms with Crippen molar-refractivity contribution in [2.45, 2.75) is 25.3 Å². The lowest BCUT2D eigenvalue weighted by molar-refractivity contribution is 0.412. The second kappa shape index (κ2) is 5.77. The topological polar surface area (TPSA) is 12.0 Å². The summed E-state index contributed by atoms with van der Waals surface area (Å²) in [4.78, 5) is 0. The van der Waals surface area contributed by atoms with Crippen molar-refractivity contribution in [3.05, 3.63) is 59.1 Å². The van der Waals surface area contributed by atoms with Crippen molar-refractivity contribution in [3.63, 3.8) is 0 Å². The number of halogens is 1. The normalized spacial score (nSPS) is 19.3. The Balaban J connectivity index is 1.93. The fraction of sp³-hybridized carbons (Fsp3) is 0.294. The van der Waals surface area contributed by atoms with E-state index in [0.29, 0.717) is 6.04 Å². The van der Waals surface area contributed by atoms with Crippen LogP contribution in [0.15, 0.2) is 48.5 Å². The van der Waals surface area contributed by atoms with Crippen molar-refractivity contribution in [1.82, 2.24) is 5.32 Å². The molecular weight excluding hydrogens is 254 g/mol. The monoisotopic (exact) mass is 271 g/mol. The Bertz CT molecular complexity index is 559. The molecule has 0 amide bonds. The Kier molecular flexibility index (Phi) is 3.86. The first-order valence-electron chi connectivity index (χ1n) is 6.93. The van der Waals surface area contributed by atoms with Gasteiger partial charge in [-0.1, -0.05) is 54.4 Å². The molecule has 2 aromatic carbocycles. The predicted molar refractivity (Wildman–Crippen MR) is 81.5 cm³/mol. The zero-order valence-electron chi connectivity index (χ0n) is 10.9. The largest absolute Gasteiger partial charge is 0.310 e. The van der Waals surface area contributed by atoms with E-state index in [2.05, 4.69) is 35.6 Å². The molecule has 3 rings (SSSR count). The summed E-state index contributed by atoms with van der Waals surface area (Å²) in [6, 6.07) is 17.3. The molecule has 2 aromatic rings. The molecular formula is C17H18ClN. The van der Waals surface area contributed by atoms with E-state index in [9.17, 15) is 0 Å². The van der Waals surface area contributed by atoms with Gasteiger partial charge in [0.05, 0.1) is 0 Å². The molecule has 1 nitrogen and oxygen atoms in total. The van der Waals surface area contributed by atoms with Gasteiger partial charge in [-0.2, -0.15) is 0 Å². The van der Waals surface area contributed by atoms with Gasteiger partial charge in [0.2, 0.25) is 0 Å². The molecule has 1 atom stereocenters. The zero-order chi connectivity index (χ0) is 13.1. The van der Waals surface area contributed by atoms with E-state index in [4.69, 9.17) is 11.6 Å². The molecule has 98 valence electrons. The smallest absolute Gasteiger partial charge is 0.0484 e. The zero-order valence-corrected chi connectivity index (χ0v) is 11.7. The van der Waals surface area contributed by atoms with Gasteiger partial charge in [0, 0.05) is 16.6 Å². The Labute approximate surface area is 119 Å². The number of nitrogens with one attached hydrogen (secondary N) is 1. The fourth-order valence-electron chi connectivity index (χ4n) is 2.75. The van der Waals surface area contributed by atoms with Gasteiger partial charge in [-0.15, -0.1) is 0 Å². The number of piperidine rings is 1. The maximum Gasteiger partial charge on any atom is 0.0484 e. The quantitative estimate of drug-likeness (QED) is 0.826. The number of hydrogen-bond donors (Lipinski definition) is 1. The van der Waals surface area contributed by atoms with Crippen LogP contribution in [0.5, 0.6) is 0 Å². The Morgan fingerprint density at radius 2 is 1.89 bits per heavy atom. The van der Waals surface area contributed by atoms with E-state index >= 15 is 0 Å². The van der Waals surface area contributed by atoms with E-state index in [-0.39, 0.29) is 0 Å². The van der Waals surface area contributed by atoms with Gasteiger partial charge in [0.15, 0.2) is 0 Å². The first kappa shape index (κ1) is 12.7. The molecule has 1 fully saturated rings. The van der Waals surface area contributed by atoms with Gasteiger partial charge in [0.1, 0.15) is 0 Å². The Morgan fingerprint density at radius 1 is 1.00 bits per heavy atom. The summed E-state index contributed by atoms with van der Waals surface area (Å²) in [6.45, 7) is 1.13. The first-order chi connectivity index (χ1) is 9.34. The van der Waals surface area contributed by atoms with Crippen molar-refractivity contribution < 1.29 is 0 Å². The molecule has 1 unspecified atom stereocenters. The molecule has 1 saturated heterocycles. The third kappa shape index (κ3) is 2.83. The van der Waals surface area contributed by atoms with Crippen LogP contribution in [0.1, 0.15) is 30.9 Å². The molecule has 0 radical (unpaired) electrons. The van der Waals surface area contributed by atoms with Crippen LogP contribution < -0.4 is 5.32 Å². The molecule has 0 saturated carbocycles. The van der Waals surface area contributed by atoms with Crippen LogP contribution in [-0.2, 0) is 0 Å². The average Bonchev–Trinajstić information content (AvgIpc) is 2.49. The number of benzene rings is 2. The van der Waals surface area contributed by atoms with Crippen LogP contribution in [0.2, 0.25) is 5.02 Å². The lowest BCUT2D eigenvalue weighted by Gasteiger charge is -2.24. The minimum Gasteiger partial charge on any atom is -0.310 e. The maximum absolute atomic E-state index is 6.28. The molecule has 0 bridgehead atoms. The summed E-state index contributed by atoms with van der Waals surface area (Å²) in [5, 5.41) is 4.41. The van der Waals surface area contributed by atoms with Crippen molar-refractivity contribution in [1.29, 1.82) is 0 Å². The van der Waals surface area contributed by atoms with Gasteiger partial charge in [-0.05, 0) is 42.6 Å². The van der Waals surface area contributed by atoms with E-state index in [1.807, 2.05) is 18.2 Å². The highest BCUT2D eigenvalue weighted by Gasteiger charge is 2.15. The summed E-state index contributed by atoms with van der Waals surface area (Å²) in [7, 11) is 0. The van der Waals surface area contributed by atoms with Crippen molar-refractivity contribution in [3.8, 4) is 11.1 Å². The predicted octanol–water partition coefficient (Wildman–Crippen LogP) is 4.82. The third-order valence-corrected chi connectivity index (χ3v) is 4.11. The van der Waals surface area contributed by atoms with Crippen LogP contribution in [0, 0.1) is 0 Å². The summed E-state index contributed by atoms with van der Waals surface area (Å²) in [6.07, 6.45) is 3.83. The van der Waals surface area contributed by atoms with Crippen molar-refractivity contribution in [2.75, 3.05) is 6.54 Å². The molecule has 1 heterocycles. The first-order valence-corrected chi connectivity index (χ1v) is 7.30. The van der Waals surface area contributed by atoms with E-state index in [0.717, 1.165) is 17.1 Å². The number of hydrogen-bond acceptors (Lipinski definition) is 1. The standard InChI is InChI=1S/C17H18ClN/c18-16-9-2-1-8-15(16)13-6-5-7-14(12-13)17-10-3-4-11-19-17/h1-2,5-9,12,17,19H,3-4,10-11H2. The molecule has 1 aliphatic rings. The average molecular weight is 272 g/mol. The van der Waals surface area contributed by atoms with Crippen molar-refractivity contribution >= 4 is 11.6 Å². The summed E-state index contributed by atoms with van der Waals surface area (Å²) < 4.78 is 0. The van der Waals surface area contributed by atoms with Crippen molar-refractivity contribution in [2.24, 2.45) is 0 Å². The third-order valence-electron chi connectivity index (χ3n) is 3.78. The Morgan fingerprint density at radius 3 is 2.68 bits per heavy atom. The molecule has 19 heavy (non-hydrogen) atoms. The molecule has 0 spiro atoms.